The summed E-state index contributed by atoms with van der Waals surface area (Å²) in [6.45, 7) is 4.03. The van der Waals surface area contributed by atoms with Crippen LogP contribution in [0.3, 0.4) is 0 Å². The molecule has 1 atom stereocenters. The highest BCUT2D eigenvalue weighted by Crippen LogP contribution is 2.23. The van der Waals surface area contributed by atoms with Crippen molar-refractivity contribution >= 4 is 5.69 Å². The maximum atomic E-state index is 14.3. The standard InChI is InChI=1S/C16H23FN2O/c17-15-12-13(11-14-3-1-2-6-18-14)4-5-16(15)19-7-9-20-10-8-19/h4-5,12,14,18H,1-3,6-11H2. The van der Waals surface area contributed by atoms with Crippen LogP contribution in [0.5, 0.6) is 0 Å². The van der Waals surface area contributed by atoms with Crippen molar-refractivity contribution in [1.29, 1.82) is 0 Å². The van der Waals surface area contributed by atoms with Crippen molar-refractivity contribution in [2.75, 3.05) is 37.7 Å². The lowest BCUT2D eigenvalue weighted by atomic mass is 9.97. The Bertz CT molecular complexity index is 440. The molecule has 2 aliphatic heterocycles. The number of morpholine rings is 1. The molecule has 0 saturated carbocycles. The number of piperidine rings is 1. The van der Waals surface area contributed by atoms with E-state index in [1.54, 1.807) is 6.07 Å². The summed E-state index contributed by atoms with van der Waals surface area (Å²) >= 11 is 0. The van der Waals surface area contributed by atoms with Crippen molar-refractivity contribution in [1.82, 2.24) is 5.32 Å². The molecule has 2 heterocycles. The maximum Gasteiger partial charge on any atom is 0.146 e. The molecule has 3 nitrogen and oxygen atoms in total. The predicted molar refractivity (Wildman–Crippen MR) is 78.8 cm³/mol. The van der Waals surface area contributed by atoms with E-state index in [1.165, 1.54) is 19.3 Å². The minimum absolute atomic E-state index is 0.0970. The average Bonchev–Trinajstić information content (AvgIpc) is 2.49. The van der Waals surface area contributed by atoms with E-state index in [4.69, 9.17) is 4.74 Å². The monoisotopic (exact) mass is 278 g/mol. The molecule has 1 unspecified atom stereocenters. The number of anilines is 1. The second-order valence-corrected chi connectivity index (χ2v) is 5.74. The topological polar surface area (TPSA) is 24.5 Å². The van der Waals surface area contributed by atoms with Crippen molar-refractivity contribution in [2.45, 2.75) is 31.7 Å². The normalized spacial score (nSPS) is 23.9. The van der Waals surface area contributed by atoms with Gasteiger partial charge in [-0.05, 0) is 43.5 Å². The largest absolute Gasteiger partial charge is 0.378 e. The van der Waals surface area contributed by atoms with E-state index >= 15 is 0 Å². The number of ether oxygens (including phenoxy) is 1. The molecule has 2 saturated heterocycles. The Hall–Kier alpha value is -1.13. The van der Waals surface area contributed by atoms with Gasteiger partial charge in [0.2, 0.25) is 0 Å². The summed E-state index contributed by atoms with van der Waals surface area (Å²) in [5, 5.41) is 3.52. The van der Waals surface area contributed by atoms with Crippen molar-refractivity contribution in [3.05, 3.63) is 29.6 Å². The molecule has 0 spiro atoms. The van der Waals surface area contributed by atoms with Crippen molar-refractivity contribution < 1.29 is 9.13 Å². The molecule has 1 aromatic rings. The number of nitrogens with one attached hydrogen (secondary N) is 1. The molecule has 0 aromatic heterocycles. The third-order valence-corrected chi connectivity index (χ3v) is 4.26. The van der Waals surface area contributed by atoms with Gasteiger partial charge in [-0.2, -0.15) is 0 Å². The van der Waals surface area contributed by atoms with Gasteiger partial charge in [0.05, 0.1) is 18.9 Å². The Labute approximate surface area is 120 Å². The molecule has 3 rings (SSSR count). The average molecular weight is 278 g/mol. The van der Waals surface area contributed by atoms with Crippen LogP contribution in [0.1, 0.15) is 24.8 Å². The fourth-order valence-corrected chi connectivity index (χ4v) is 3.12. The number of rotatable bonds is 3. The van der Waals surface area contributed by atoms with Gasteiger partial charge in [-0.1, -0.05) is 12.5 Å². The van der Waals surface area contributed by atoms with Gasteiger partial charge in [0.1, 0.15) is 5.82 Å². The molecule has 2 fully saturated rings. The summed E-state index contributed by atoms with van der Waals surface area (Å²) in [5.41, 5.74) is 1.81. The molecule has 2 aliphatic rings. The van der Waals surface area contributed by atoms with Crippen LogP contribution in [0.25, 0.3) is 0 Å². The summed E-state index contributed by atoms with van der Waals surface area (Å²) in [4.78, 5) is 2.07. The van der Waals surface area contributed by atoms with Gasteiger partial charge in [0.25, 0.3) is 0 Å². The van der Waals surface area contributed by atoms with Crippen LogP contribution in [-0.4, -0.2) is 38.9 Å². The minimum atomic E-state index is -0.0970. The Balaban J connectivity index is 1.66. The minimum Gasteiger partial charge on any atom is -0.378 e. The number of nitrogens with zero attached hydrogens (tertiary/aromatic N) is 1. The first kappa shape index (κ1) is 13.8. The van der Waals surface area contributed by atoms with Crippen LogP contribution in [0.2, 0.25) is 0 Å². The lowest BCUT2D eigenvalue weighted by molar-refractivity contribution is 0.122. The highest BCUT2D eigenvalue weighted by atomic mass is 19.1. The first-order valence-electron chi connectivity index (χ1n) is 7.67. The highest BCUT2D eigenvalue weighted by Gasteiger charge is 2.17. The molecule has 20 heavy (non-hydrogen) atoms. The zero-order valence-electron chi connectivity index (χ0n) is 11.9. The molecule has 0 bridgehead atoms. The third kappa shape index (κ3) is 3.30. The van der Waals surface area contributed by atoms with Gasteiger partial charge in [-0.3, -0.25) is 0 Å². The van der Waals surface area contributed by atoms with Gasteiger partial charge in [0, 0.05) is 19.1 Å². The smallest absolute Gasteiger partial charge is 0.146 e. The van der Waals surface area contributed by atoms with Crippen LogP contribution in [-0.2, 0) is 11.2 Å². The first-order chi connectivity index (χ1) is 9.83. The van der Waals surface area contributed by atoms with E-state index in [0.717, 1.165) is 31.6 Å². The molecule has 4 heteroatoms. The Kier molecular flexibility index (Phi) is 4.53. The molecule has 1 N–H and O–H groups in total. The van der Waals surface area contributed by atoms with Gasteiger partial charge >= 0.3 is 0 Å². The van der Waals surface area contributed by atoms with Gasteiger partial charge in [-0.25, -0.2) is 4.39 Å². The number of hydrogen-bond donors (Lipinski definition) is 1. The van der Waals surface area contributed by atoms with E-state index in [1.807, 2.05) is 6.07 Å². The predicted octanol–water partition coefficient (Wildman–Crippen LogP) is 2.35. The van der Waals surface area contributed by atoms with Crippen molar-refractivity contribution in [3.8, 4) is 0 Å². The maximum absolute atomic E-state index is 14.3. The fraction of sp³-hybridized carbons (Fsp3) is 0.625. The quantitative estimate of drug-likeness (QED) is 0.918. The van der Waals surface area contributed by atoms with E-state index in [2.05, 4.69) is 16.3 Å². The van der Waals surface area contributed by atoms with E-state index < -0.39 is 0 Å². The molecular formula is C16H23FN2O. The van der Waals surface area contributed by atoms with Crippen LogP contribution >= 0.6 is 0 Å². The van der Waals surface area contributed by atoms with Gasteiger partial charge < -0.3 is 15.0 Å². The summed E-state index contributed by atoms with van der Waals surface area (Å²) < 4.78 is 19.6. The summed E-state index contributed by atoms with van der Waals surface area (Å²) in [6.07, 6.45) is 4.68. The van der Waals surface area contributed by atoms with E-state index in [9.17, 15) is 4.39 Å². The number of halogens is 1. The lowest BCUT2D eigenvalue weighted by Crippen LogP contribution is -2.37. The van der Waals surface area contributed by atoms with Crippen molar-refractivity contribution in [3.63, 3.8) is 0 Å². The van der Waals surface area contributed by atoms with Gasteiger partial charge in [0.15, 0.2) is 0 Å². The third-order valence-electron chi connectivity index (χ3n) is 4.26. The van der Waals surface area contributed by atoms with Gasteiger partial charge in [-0.15, -0.1) is 0 Å². The molecule has 1 aromatic carbocycles. The SMILES string of the molecule is Fc1cc(CC2CCCCN2)ccc1N1CCOCC1. The number of benzene rings is 1. The van der Waals surface area contributed by atoms with E-state index in [-0.39, 0.29) is 5.82 Å². The van der Waals surface area contributed by atoms with Crippen LogP contribution in [0.15, 0.2) is 18.2 Å². The lowest BCUT2D eigenvalue weighted by Gasteiger charge is -2.29. The molecule has 110 valence electrons. The second-order valence-electron chi connectivity index (χ2n) is 5.74. The zero-order valence-corrected chi connectivity index (χ0v) is 11.9. The zero-order chi connectivity index (χ0) is 13.8. The molecule has 0 radical (unpaired) electrons. The van der Waals surface area contributed by atoms with Crippen LogP contribution < -0.4 is 10.2 Å². The summed E-state index contributed by atoms with van der Waals surface area (Å²) in [7, 11) is 0. The van der Waals surface area contributed by atoms with E-state index in [0.29, 0.717) is 24.9 Å². The molecule has 0 amide bonds. The van der Waals surface area contributed by atoms with Crippen LogP contribution in [0, 0.1) is 5.82 Å². The molecule has 0 aliphatic carbocycles. The highest BCUT2D eigenvalue weighted by molar-refractivity contribution is 5.49. The molecular weight excluding hydrogens is 255 g/mol. The second kappa shape index (κ2) is 6.55. The number of hydrogen-bond acceptors (Lipinski definition) is 3. The Morgan fingerprint density at radius 3 is 2.80 bits per heavy atom. The Morgan fingerprint density at radius 2 is 2.10 bits per heavy atom. The Morgan fingerprint density at radius 1 is 1.25 bits per heavy atom. The fourth-order valence-electron chi connectivity index (χ4n) is 3.12. The van der Waals surface area contributed by atoms with Crippen molar-refractivity contribution in [2.24, 2.45) is 0 Å². The first-order valence-corrected chi connectivity index (χ1v) is 7.67. The van der Waals surface area contributed by atoms with Crippen LogP contribution in [0.4, 0.5) is 10.1 Å². The summed E-state index contributed by atoms with van der Waals surface area (Å²) in [6, 6.07) is 6.22. The summed E-state index contributed by atoms with van der Waals surface area (Å²) in [5.74, 6) is -0.0970.